The molecule has 7 aliphatic rings. The monoisotopic (exact) mass is 556 g/mol. The minimum Gasteiger partial charge on any atom is -0.507 e. The highest BCUT2D eigenvalue weighted by Crippen LogP contribution is 2.79. The van der Waals surface area contributed by atoms with Crippen molar-refractivity contribution < 1.29 is 58.5 Å². The van der Waals surface area contributed by atoms with Gasteiger partial charge in [0.1, 0.15) is 35.4 Å². The van der Waals surface area contributed by atoms with Crippen molar-refractivity contribution >= 4 is 17.5 Å². The van der Waals surface area contributed by atoms with E-state index in [9.17, 15) is 34.8 Å². The van der Waals surface area contributed by atoms with Crippen LogP contribution in [0.4, 0.5) is 0 Å². The van der Waals surface area contributed by atoms with Gasteiger partial charge >= 0.3 is 5.97 Å². The highest BCUT2D eigenvalue weighted by molar-refractivity contribution is 6.32. The number of benzene rings is 1. The molecule has 1 aromatic rings. The number of phenols is 2. The number of phenolic OH excluding ortho intramolecular Hbond substituents is 2. The Morgan fingerprint density at radius 1 is 0.925 bits per heavy atom. The Morgan fingerprint density at radius 2 is 1.62 bits per heavy atom. The van der Waals surface area contributed by atoms with E-state index in [0.29, 0.717) is 12.8 Å². The summed E-state index contributed by atoms with van der Waals surface area (Å²) in [6, 6.07) is 0. The Labute approximate surface area is 227 Å². The second-order valence-corrected chi connectivity index (χ2v) is 11.9. The predicted molar refractivity (Wildman–Crippen MR) is 128 cm³/mol. The first-order chi connectivity index (χ1) is 18.9. The number of ketones is 2. The van der Waals surface area contributed by atoms with Gasteiger partial charge in [0.05, 0.1) is 47.4 Å². The summed E-state index contributed by atoms with van der Waals surface area (Å²) in [6.07, 6.45) is -6.35. The Hall–Kier alpha value is -2.87. The molecule has 4 aliphatic heterocycles. The van der Waals surface area contributed by atoms with Crippen LogP contribution in [0.3, 0.4) is 0 Å². The van der Waals surface area contributed by atoms with E-state index in [-0.39, 0.29) is 39.8 Å². The number of hydrogen-bond acceptors (Lipinski definition) is 12. The molecule has 1 saturated carbocycles. The van der Waals surface area contributed by atoms with E-state index in [0.717, 1.165) is 0 Å². The standard InChI is InChI=1S/C28H28O12/c1-7-10(29)4-5-13(37-7)40-26-27-19-18(25(27)38-9(3)28(26,27)35)22(33)15-16(23(19)34)20(31)14-8(2)36-11-6-12(30)39-24(11)17(14)21(15)32/h7-11,13,24-26,29,31-32,35H,4-6H2,1-3H3/t7-,8-,9?,10-,11-,13-,24+,25?,26?,27?,28?/m0/s1. The van der Waals surface area contributed by atoms with Crippen LogP contribution < -0.4 is 0 Å². The van der Waals surface area contributed by atoms with Crippen LogP contribution in [0.15, 0.2) is 11.1 Å². The number of aromatic hydroxyl groups is 2. The fourth-order valence-corrected chi connectivity index (χ4v) is 8.15. The summed E-state index contributed by atoms with van der Waals surface area (Å²) in [5.74, 6) is -3.04. The molecule has 5 unspecified atom stereocenters. The zero-order valence-electron chi connectivity index (χ0n) is 21.9. The fourth-order valence-electron chi connectivity index (χ4n) is 8.15. The molecule has 0 aromatic heterocycles. The Kier molecular flexibility index (Phi) is 4.66. The predicted octanol–water partition coefficient (Wildman–Crippen LogP) is 1.02. The van der Waals surface area contributed by atoms with Crippen molar-refractivity contribution in [3.63, 3.8) is 0 Å². The normalized spacial score (nSPS) is 46.0. The first kappa shape index (κ1) is 24.9. The summed E-state index contributed by atoms with van der Waals surface area (Å²) in [6.45, 7) is 4.96. The fraction of sp³-hybridized carbons (Fsp3) is 0.607. The van der Waals surface area contributed by atoms with Gasteiger partial charge in [-0.2, -0.15) is 0 Å². The molecule has 0 radical (unpaired) electrons. The Balaban J connectivity index is 1.23. The van der Waals surface area contributed by atoms with Gasteiger partial charge in [0.25, 0.3) is 0 Å². The highest BCUT2D eigenvalue weighted by atomic mass is 16.7. The topological polar surface area (TPSA) is 178 Å². The van der Waals surface area contributed by atoms with Crippen molar-refractivity contribution in [2.75, 3.05) is 0 Å². The average molecular weight is 557 g/mol. The van der Waals surface area contributed by atoms with Crippen LogP contribution in [0, 0.1) is 5.41 Å². The highest BCUT2D eigenvalue weighted by Gasteiger charge is 2.94. The van der Waals surface area contributed by atoms with Gasteiger partial charge < -0.3 is 44.1 Å². The lowest BCUT2D eigenvalue weighted by molar-refractivity contribution is -0.237. The lowest BCUT2D eigenvalue weighted by Crippen LogP contribution is -2.50. The van der Waals surface area contributed by atoms with Crippen LogP contribution in [-0.4, -0.2) is 86.5 Å². The van der Waals surface area contributed by atoms with Crippen molar-refractivity contribution in [2.24, 2.45) is 5.41 Å². The number of ether oxygens (including phenoxy) is 5. The third-order valence-electron chi connectivity index (χ3n) is 10.1. The van der Waals surface area contributed by atoms with E-state index in [1.807, 2.05) is 0 Å². The lowest BCUT2D eigenvalue weighted by Gasteiger charge is -2.43. The van der Waals surface area contributed by atoms with Crippen LogP contribution in [-0.2, 0) is 28.5 Å². The maximum absolute atomic E-state index is 14.1. The van der Waals surface area contributed by atoms with E-state index in [2.05, 4.69) is 0 Å². The summed E-state index contributed by atoms with van der Waals surface area (Å²) < 4.78 is 29.2. The molecule has 12 nitrogen and oxygen atoms in total. The molecular formula is C28H28O12. The zero-order chi connectivity index (χ0) is 28.2. The molecule has 3 saturated heterocycles. The van der Waals surface area contributed by atoms with Crippen molar-refractivity contribution in [2.45, 2.75) is 101 Å². The van der Waals surface area contributed by atoms with E-state index in [1.165, 1.54) is 0 Å². The number of Topliss-reactive ketones (excluding diaryl/α,β-unsaturated/α-hetero) is 2. The molecule has 0 amide bonds. The molecule has 40 heavy (non-hydrogen) atoms. The number of fused-ring (bicyclic) bond motifs is 5. The first-order valence-corrected chi connectivity index (χ1v) is 13.6. The first-order valence-electron chi connectivity index (χ1n) is 13.6. The molecule has 0 bridgehead atoms. The lowest BCUT2D eigenvalue weighted by atomic mass is 9.61. The smallest absolute Gasteiger partial charge is 0.309 e. The number of carbonyl (C=O) groups is 3. The van der Waals surface area contributed by atoms with Crippen LogP contribution in [0.1, 0.15) is 84.1 Å². The Bertz CT molecular complexity index is 1480. The average Bonchev–Trinajstić information content (AvgIpc) is 3.14. The maximum atomic E-state index is 14.1. The molecule has 1 aromatic carbocycles. The van der Waals surface area contributed by atoms with E-state index < -0.39 is 95.2 Å². The van der Waals surface area contributed by atoms with E-state index >= 15 is 0 Å². The van der Waals surface area contributed by atoms with Crippen LogP contribution in [0.2, 0.25) is 0 Å². The van der Waals surface area contributed by atoms with Crippen LogP contribution in [0.5, 0.6) is 11.5 Å². The second-order valence-electron chi connectivity index (χ2n) is 11.9. The van der Waals surface area contributed by atoms with Gasteiger partial charge in [-0.1, -0.05) is 0 Å². The van der Waals surface area contributed by atoms with Crippen molar-refractivity contribution in [3.05, 3.63) is 33.4 Å². The van der Waals surface area contributed by atoms with Crippen LogP contribution in [0.25, 0.3) is 0 Å². The molecule has 212 valence electrons. The van der Waals surface area contributed by atoms with E-state index in [4.69, 9.17) is 23.7 Å². The summed E-state index contributed by atoms with van der Waals surface area (Å²) in [5.41, 5.74) is -3.60. The van der Waals surface area contributed by atoms with Crippen molar-refractivity contribution in [3.8, 4) is 11.5 Å². The van der Waals surface area contributed by atoms with Crippen molar-refractivity contribution in [1.29, 1.82) is 0 Å². The molecule has 3 aliphatic carbocycles. The minimum atomic E-state index is -1.62. The number of esters is 1. The summed E-state index contributed by atoms with van der Waals surface area (Å²) in [5, 5.41) is 44.6. The number of rotatable bonds is 2. The SMILES string of the molecule is CC1OC2C3=C(C(=O)c4c(O)c5c(c(O)c4C3=O)[C@@H]3OC(=O)C[C@@H]3O[C@H]5C)C23C(O[C@H]2CC[C@H](O)[C@H](C)O2)C13O. The largest absolute Gasteiger partial charge is 0.507 e. The molecule has 4 N–H and O–H groups in total. The van der Waals surface area contributed by atoms with Gasteiger partial charge in [-0.25, -0.2) is 0 Å². The molecule has 1 spiro atoms. The maximum Gasteiger partial charge on any atom is 0.309 e. The summed E-state index contributed by atoms with van der Waals surface area (Å²) >= 11 is 0. The van der Waals surface area contributed by atoms with Crippen molar-refractivity contribution in [1.82, 2.24) is 0 Å². The molecule has 8 rings (SSSR count). The molecular weight excluding hydrogens is 528 g/mol. The van der Waals surface area contributed by atoms with Gasteiger partial charge in [0, 0.05) is 28.7 Å². The minimum absolute atomic E-state index is 0.0000517. The molecule has 11 atom stereocenters. The molecule has 4 fully saturated rings. The second kappa shape index (κ2) is 7.50. The number of carbonyl (C=O) groups excluding carboxylic acids is 3. The zero-order valence-corrected chi connectivity index (χ0v) is 21.9. The van der Waals surface area contributed by atoms with Gasteiger partial charge in [-0.3, -0.25) is 14.4 Å². The third-order valence-corrected chi connectivity index (χ3v) is 10.1. The van der Waals surface area contributed by atoms with Gasteiger partial charge in [0.2, 0.25) is 0 Å². The number of aliphatic hydroxyl groups is 2. The van der Waals surface area contributed by atoms with Gasteiger partial charge in [-0.05, 0) is 27.2 Å². The van der Waals surface area contributed by atoms with Gasteiger partial charge in [0.15, 0.2) is 24.0 Å². The van der Waals surface area contributed by atoms with E-state index in [1.54, 1.807) is 20.8 Å². The van der Waals surface area contributed by atoms with Crippen LogP contribution >= 0.6 is 0 Å². The summed E-state index contributed by atoms with van der Waals surface area (Å²) in [7, 11) is 0. The number of aliphatic hydroxyl groups excluding tert-OH is 1. The molecule has 12 heteroatoms. The summed E-state index contributed by atoms with van der Waals surface area (Å²) in [4.78, 5) is 40.1. The Morgan fingerprint density at radius 3 is 2.35 bits per heavy atom. The number of hydrogen-bond donors (Lipinski definition) is 4. The molecule has 4 heterocycles. The van der Waals surface area contributed by atoms with Gasteiger partial charge in [-0.15, -0.1) is 0 Å². The third kappa shape index (κ3) is 2.53. The quantitative estimate of drug-likeness (QED) is 0.301.